The Bertz CT molecular complexity index is 3900. The summed E-state index contributed by atoms with van der Waals surface area (Å²) in [6.45, 7) is 4.35. The molecule has 2 heteroatoms. The van der Waals surface area contributed by atoms with E-state index < -0.39 is 0 Å². The van der Waals surface area contributed by atoms with E-state index in [0.717, 1.165) is 83.1 Å². The minimum absolute atomic E-state index is 1.00. The van der Waals surface area contributed by atoms with Crippen LogP contribution in [-0.2, 0) is 0 Å². The highest BCUT2D eigenvalue weighted by molar-refractivity contribution is 6.23. The minimum atomic E-state index is 1.00. The summed E-state index contributed by atoms with van der Waals surface area (Å²) < 4.78 is 0. The molecule has 0 heterocycles. The first-order valence-corrected chi connectivity index (χ1v) is 24.1. The molecule has 0 aliphatic heterocycles. The predicted molar refractivity (Wildman–Crippen MR) is 299 cm³/mol. The van der Waals surface area contributed by atoms with Crippen LogP contribution in [0, 0.1) is 26.0 Å². The Labute approximate surface area is 408 Å². The molecule has 0 aromatic heterocycles. The molecule has 0 spiro atoms. The van der Waals surface area contributed by atoms with Gasteiger partial charge in [-0.1, -0.05) is 176 Å². The van der Waals surface area contributed by atoms with E-state index in [4.69, 9.17) is 0 Å². The van der Waals surface area contributed by atoms with Crippen LogP contribution in [0.2, 0.25) is 0 Å². The van der Waals surface area contributed by atoms with Crippen molar-refractivity contribution in [1.29, 1.82) is 0 Å². The van der Waals surface area contributed by atoms with E-state index in [0.29, 0.717) is 0 Å². The van der Waals surface area contributed by atoms with Crippen LogP contribution in [0.4, 0.5) is 34.1 Å². The zero-order valence-electron chi connectivity index (χ0n) is 39.0. The van der Waals surface area contributed by atoms with Crippen molar-refractivity contribution in [2.75, 3.05) is 9.80 Å². The van der Waals surface area contributed by atoms with Gasteiger partial charge in [0.1, 0.15) is 0 Å². The quantitative estimate of drug-likeness (QED) is 0.140. The summed E-state index contributed by atoms with van der Waals surface area (Å²) in [4.78, 5) is 4.87. The molecule has 0 atom stereocenters. The van der Waals surface area contributed by atoms with Crippen LogP contribution in [0.25, 0.3) is 86.9 Å². The molecule has 13 aromatic rings. The molecule has 0 aliphatic carbocycles. The van der Waals surface area contributed by atoms with Crippen LogP contribution in [0.15, 0.2) is 243 Å². The summed E-state index contributed by atoms with van der Waals surface area (Å²) in [6, 6.07) is 96.3. The second-order valence-electron chi connectivity index (χ2n) is 18.5. The van der Waals surface area contributed by atoms with Gasteiger partial charge in [0.05, 0.1) is 11.4 Å². The molecule has 328 valence electrons. The number of anilines is 6. The third-order valence-corrected chi connectivity index (χ3v) is 14.0. The summed E-state index contributed by atoms with van der Waals surface area (Å²) in [5.41, 5.74) is 13.5. The number of hydrogen-bond acceptors (Lipinski definition) is 2. The fourth-order valence-electron chi connectivity index (χ4n) is 10.8. The smallest absolute Gasteiger partial charge is 0.0540 e. The molecule has 0 saturated heterocycles. The molecular formula is C68H46N2. The summed E-state index contributed by atoms with van der Waals surface area (Å²) in [5, 5.41) is 14.0. The maximum absolute atomic E-state index is 3.71. The second-order valence-corrected chi connectivity index (χ2v) is 18.5. The number of hydrogen-bond donors (Lipinski definition) is 0. The van der Waals surface area contributed by atoms with Crippen molar-refractivity contribution in [3.8, 4) is 22.3 Å². The van der Waals surface area contributed by atoms with Crippen LogP contribution in [0.3, 0.4) is 0 Å². The molecule has 70 heavy (non-hydrogen) atoms. The van der Waals surface area contributed by atoms with Crippen LogP contribution in [0.1, 0.15) is 11.1 Å². The molecule has 0 fully saturated rings. The van der Waals surface area contributed by atoms with E-state index in [2.05, 4.69) is 278 Å². The number of nitrogens with zero attached hydrogens (tertiary/aromatic N) is 2. The van der Waals surface area contributed by atoms with Crippen LogP contribution in [-0.4, -0.2) is 0 Å². The lowest BCUT2D eigenvalue weighted by Crippen LogP contribution is -2.11. The molecule has 0 amide bonds. The summed E-state index contributed by atoms with van der Waals surface area (Å²) in [6.07, 6.45) is 0. The Morgan fingerprint density at radius 3 is 1.39 bits per heavy atom. The maximum Gasteiger partial charge on any atom is 0.0540 e. The van der Waals surface area contributed by atoms with Gasteiger partial charge in [0, 0.05) is 50.0 Å². The van der Waals surface area contributed by atoms with Crippen LogP contribution < -0.4 is 9.80 Å². The summed E-state index contributed by atoms with van der Waals surface area (Å²) >= 11 is 0. The van der Waals surface area contributed by atoms with Gasteiger partial charge in [-0.3, -0.25) is 0 Å². The SMILES string of the molecule is Cc1cccc(N(c2ccc3c(-c4ccc5ccccc5c4)c4cc(N(c5cccc(C)c5)c5cccc6ccccc56)ccc4c(-c4c#cc5ccccc5c4)c3c2)c2cccc3ccccc23)c1. The molecule has 0 aliphatic rings. The zero-order chi connectivity index (χ0) is 46.7. The topological polar surface area (TPSA) is 6.48 Å². The number of benzene rings is 12. The van der Waals surface area contributed by atoms with Gasteiger partial charge >= 0.3 is 0 Å². The van der Waals surface area contributed by atoms with Crippen molar-refractivity contribution in [3.63, 3.8) is 0 Å². The first kappa shape index (κ1) is 41.1. The first-order valence-electron chi connectivity index (χ1n) is 24.1. The largest absolute Gasteiger partial charge is 0.310 e. The number of rotatable bonds is 8. The average molecular weight is 891 g/mol. The lowest BCUT2D eigenvalue weighted by molar-refractivity contribution is 1.29. The Hall–Kier alpha value is -9.16. The lowest BCUT2D eigenvalue weighted by Gasteiger charge is -2.29. The number of fused-ring (bicyclic) bond motifs is 6. The molecular weight excluding hydrogens is 845 g/mol. The Balaban J connectivity index is 1.16. The molecule has 0 unspecified atom stereocenters. The second kappa shape index (κ2) is 16.9. The van der Waals surface area contributed by atoms with Gasteiger partial charge in [0.25, 0.3) is 0 Å². The average Bonchev–Trinajstić information content (AvgIpc) is 3.40. The van der Waals surface area contributed by atoms with Crippen molar-refractivity contribution in [3.05, 3.63) is 266 Å². The van der Waals surface area contributed by atoms with Crippen molar-refractivity contribution < 1.29 is 0 Å². The van der Waals surface area contributed by atoms with E-state index >= 15 is 0 Å². The lowest BCUT2D eigenvalue weighted by atomic mass is 9.85. The first-order chi connectivity index (χ1) is 34.5. The van der Waals surface area contributed by atoms with Gasteiger partial charge in [0.2, 0.25) is 0 Å². The highest BCUT2D eigenvalue weighted by Gasteiger charge is 2.24. The van der Waals surface area contributed by atoms with E-state index in [9.17, 15) is 0 Å². The Kier molecular flexibility index (Phi) is 9.89. The summed E-state index contributed by atoms with van der Waals surface area (Å²) in [7, 11) is 0. The molecule has 0 saturated carbocycles. The molecule has 2 nitrogen and oxygen atoms in total. The fourth-order valence-corrected chi connectivity index (χ4v) is 10.8. The molecule has 0 radical (unpaired) electrons. The van der Waals surface area contributed by atoms with E-state index in [1.54, 1.807) is 0 Å². The van der Waals surface area contributed by atoms with Crippen LogP contribution in [0.5, 0.6) is 0 Å². The van der Waals surface area contributed by atoms with E-state index in [-0.39, 0.29) is 0 Å². The minimum Gasteiger partial charge on any atom is -0.310 e. The normalized spacial score (nSPS) is 11.5. The molecule has 0 bridgehead atoms. The Morgan fingerprint density at radius 2 is 0.771 bits per heavy atom. The zero-order valence-corrected chi connectivity index (χ0v) is 39.0. The molecule has 13 rings (SSSR count). The van der Waals surface area contributed by atoms with Crippen molar-refractivity contribution >= 4 is 98.8 Å². The monoisotopic (exact) mass is 890 g/mol. The third-order valence-electron chi connectivity index (χ3n) is 14.0. The maximum atomic E-state index is 3.71. The van der Waals surface area contributed by atoms with Gasteiger partial charge in [0.15, 0.2) is 0 Å². The van der Waals surface area contributed by atoms with Gasteiger partial charge < -0.3 is 9.80 Å². The van der Waals surface area contributed by atoms with Gasteiger partial charge in [-0.25, -0.2) is 0 Å². The Morgan fingerprint density at radius 1 is 0.286 bits per heavy atom. The van der Waals surface area contributed by atoms with Gasteiger partial charge in [-0.05, 0) is 163 Å². The predicted octanol–water partition coefficient (Wildman–Crippen LogP) is 19.1. The third kappa shape index (κ3) is 7.07. The fraction of sp³-hybridized carbons (Fsp3) is 0.0294. The number of aryl methyl sites for hydroxylation is 2. The molecule has 13 aromatic carbocycles. The van der Waals surface area contributed by atoms with Crippen LogP contribution >= 0.6 is 0 Å². The van der Waals surface area contributed by atoms with Crippen molar-refractivity contribution in [2.24, 2.45) is 0 Å². The van der Waals surface area contributed by atoms with Crippen molar-refractivity contribution in [2.45, 2.75) is 13.8 Å². The highest BCUT2D eigenvalue weighted by Crippen LogP contribution is 2.50. The van der Waals surface area contributed by atoms with Crippen molar-refractivity contribution in [1.82, 2.24) is 0 Å². The summed E-state index contributed by atoms with van der Waals surface area (Å²) in [5.74, 6) is 0. The molecule has 0 N–H and O–H groups in total. The van der Waals surface area contributed by atoms with E-state index in [1.165, 1.54) is 49.0 Å². The van der Waals surface area contributed by atoms with Gasteiger partial charge in [-0.15, -0.1) is 0 Å². The van der Waals surface area contributed by atoms with E-state index in [1.807, 2.05) is 0 Å². The standard InChI is InChI=1S/C68H46N2/c1-45-15-11-25-55(39-45)69(65-29-13-23-49-19-7-9-27-59(49)65)57-35-37-61-63(43-57)67(53-33-31-47-17-3-5-21-51(47)41-53)62-38-36-58(44-64(62)68(61)54-34-32-48-18-4-6-22-52(48)42-54)70(56-26-12-16-46(2)40-56)66-30-14-24-50-20-8-10-28-60(50)66/h3-31,33,35-44H,1-2H3. The highest BCUT2D eigenvalue weighted by atomic mass is 15.1. The van der Waals surface area contributed by atoms with Gasteiger partial charge in [-0.2, -0.15) is 0 Å².